The maximum Gasteiger partial charge on any atom is 0.271 e. The highest BCUT2D eigenvalue weighted by Gasteiger charge is 2.32. The van der Waals surface area contributed by atoms with Crippen molar-refractivity contribution >= 4 is 28.8 Å². The van der Waals surface area contributed by atoms with Gasteiger partial charge in [-0.1, -0.05) is 53.8 Å². The molecule has 0 spiro atoms. The number of thiazole rings is 1. The molecule has 0 amide bonds. The topological polar surface area (TPSA) is 37.6 Å². The van der Waals surface area contributed by atoms with Crippen molar-refractivity contribution in [2.45, 2.75) is 38.6 Å². The van der Waals surface area contributed by atoms with Crippen molar-refractivity contribution in [3.8, 4) is 0 Å². The highest BCUT2D eigenvalue weighted by Crippen LogP contribution is 2.41. The van der Waals surface area contributed by atoms with Gasteiger partial charge in [0, 0.05) is 24.3 Å². The molecule has 1 aromatic heterocycles. The molecule has 6 heteroatoms. The number of fused-ring (bicyclic) bond motifs is 3. The van der Waals surface area contributed by atoms with E-state index < -0.39 is 0 Å². The lowest BCUT2D eigenvalue weighted by molar-refractivity contribution is 0.581. The Kier molecular flexibility index (Phi) is 5.66. The molecule has 1 atom stereocenters. The third-order valence-corrected chi connectivity index (χ3v) is 9.01. The Labute approximate surface area is 224 Å². The number of rotatable bonds is 3. The van der Waals surface area contributed by atoms with Crippen molar-refractivity contribution in [1.82, 2.24) is 4.57 Å². The van der Waals surface area contributed by atoms with Crippen LogP contribution in [-0.2, 0) is 6.42 Å². The number of aryl methyl sites for hydroxylation is 2. The van der Waals surface area contributed by atoms with Gasteiger partial charge in [0.2, 0.25) is 0 Å². The molecule has 3 aliphatic rings. The molecular weight excluding hydrogens is 493 g/mol. The molecule has 0 radical (unpaired) electrons. The van der Waals surface area contributed by atoms with E-state index in [-0.39, 0.29) is 17.4 Å². The predicted octanol–water partition coefficient (Wildman–Crippen LogP) is 5.37. The second kappa shape index (κ2) is 9.21. The van der Waals surface area contributed by atoms with Crippen LogP contribution in [0.3, 0.4) is 0 Å². The second-order valence-electron chi connectivity index (χ2n) is 10.4. The summed E-state index contributed by atoms with van der Waals surface area (Å²) in [6.45, 7) is 4.36. The molecular formula is C32H28FN3OS. The standard InChI is InChI=1S/C32H28FN3OS/c1-20-18-21(8-15-27(20)35-16-4-5-17-35)19-28-31(37)36-30(23-9-12-24(33)13-10-23)26-14-11-22-6-2-3-7-25(22)29(26)34-32(36)38-28/h2-3,6-10,12-13,15,18-19,30H,4-5,11,14,16-17H2,1H3/b28-19+/t30-/m0/s1. The normalized spacial score (nSPS) is 18.7. The zero-order valence-electron chi connectivity index (χ0n) is 21.3. The van der Waals surface area contributed by atoms with Crippen LogP contribution in [0.4, 0.5) is 10.1 Å². The van der Waals surface area contributed by atoms with Crippen LogP contribution in [0, 0.1) is 12.7 Å². The first-order valence-electron chi connectivity index (χ1n) is 13.3. The third-order valence-electron chi connectivity index (χ3n) is 8.02. The number of aromatic nitrogens is 1. The Morgan fingerprint density at radius 3 is 2.58 bits per heavy atom. The molecule has 1 saturated heterocycles. The SMILES string of the molecule is Cc1cc(/C=c2/sc3n(c2=O)[C@@H](c2ccc(F)cc2)C2=C(N=3)c3ccccc3CC2)ccc1N1CCCC1. The van der Waals surface area contributed by atoms with E-state index in [2.05, 4.69) is 48.2 Å². The summed E-state index contributed by atoms with van der Waals surface area (Å²) in [6, 6.07) is 21.1. The van der Waals surface area contributed by atoms with Crippen molar-refractivity contribution in [3.05, 3.63) is 126 Å². The van der Waals surface area contributed by atoms with Crippen molar-refractivity contribution in [2.75, 3.05) is 18.0 Å². The molecule has 0 saturated carbocycles. The number of allylic oxidation sites excluding steroid dienone is 1. The van der Waals surface area contributed by atoms with Crippen LogP contribution < -0.4 is 19.8 Å². The van der Waals surface area contributed by atoms with Crippen LogP contribution >= 0.6 is 11.3 Å². The molecule has 0 N–H and O–H groups in total. The Morgan fingerprint density at radius 1 is 1.00 bits per heavy atom. The Bertz CT molecular complexity index is 1770. The summed E-state index contributed by atoms with van der Waals surface area (Å²) in [4.78, 5) is 22.1. The molecule has 0 unspecified atom stereocenters. The smallest absolute Gasteiger partial charge is 0.271 e. The van der Waals surface area contributed by atoms with Gasteiger partial charge in [-0.05, 0) is 90.8 Å². The first-order chi connectivity index (χ1) is 18.6. The van der Waals surface area contributed by atoms with Gasteiger partial charge in [0.15, 0.2) is 4.80 Å². The third kappa shape index (κ3) is 3.86. The number of anilines is 1. The number of benzene rings is 3. The zero-order chi connectivity index (χ0) is 25.8. The molecule has 7 rings (SSSR count). The number of halogens is 1. The summed E-state index contributed by atoms with van der Waals surface area (Å²) >= 11 is 1.43. The van der Waals surface area contributed by atoms with Crippen LogP contribution in [0.5, 0.6) is 0 Å². The van der Waals surface area contributed by atoms with Gasteiger partial charge in [0.25, 0.3) is 5.56 Å². The van der Waals surface area contributed by atoms with E-state index in [0.29, 0.717) is 9.33 Å². The Morgan fingerprint density at radius 2 is 1.79 bits per heavy atom. The lowest BCUT2D eigenvalue weighted by atomic mass is 9.83. The maximum absolute atomic E-state index is 13.9. The minimum Gasteiger partial charge on any atom is -0.371 e. The summed E-state index contributed by atoms with van der Waals surface area (Å²) in [5, 5.41) is 0. The lowest BCUT2D eigenvalue weighted by Crippen LogP contribution is -2.38. The van der Waals surface area contributed by atoms with Gasteiger partial charge in [-0.2, -0.15) is 0 Å². The van der Waals surface area contributed by atoms with Crippen molar-refractivity contribution < 1.29 is 4.39 Å². The van der Waals surface area contributed by atoms with Crippen LogP contribution in [0.1, 0.15) is 53.1 Å². The predicted molar refractivity (Wildman–Crippen MR) is 152 cm³/mol. The van der Waals surface area contributed by atoms with Crippen LogP contribution in [0.2, 0.25) is 0 Å². The van der Waals surface area contributed by atoms with E-state index in [9.17, 15) is 9.18 Å². The highest BCUT2D eigenvalue weighted by molar-refractivity contribution is 7.07. The fourth-order valence-corrected chi connectivity index (χ4v) is 7.20. The van der Waals surface area contributed by atoms with Crippen LogP contribution in [0.25, 0.3) is 11.8 Å². The largest absolute Gasteiger partial charge is 0.371 e. The van der Waals surface area contributed by atoms with E-state index in [1.165, 1.54) is 53.1 Å². The van der Waals surface area contributed by atoms with Gasteiger partial charge in [-0.15, -0.1) is 0 Å². The molecule has 2 aliphatic heterocycles. The van der Waals surface area contributed by atoms with E-state index in [1.54, 1.807) is 12.1 Å². The number of hydrogen-bond acceptors (Lipinski definition) is 4. The maximum atomic E-state index is 13.9. The quantitative estimate of drug-likeness (QED) is 0.364. The average molecular weight is 522 g/mol. The monoisotopic (exact) mass is 521 g/mol. The van der Waals surface area contributed by atoms with Crippen molar-refractivity contribution in [1.29, 1.82) is 0 Å². The first-order valence-corrected chi connectivity index (χ1v) is 14.1. The first kappa shape index (κ1) is 23.4. The number of hydrogen-bond donors (Lipinski definition) is 0. The minimum absolute atomic E-state index is 0.0465. The van der Waals surface area contributed by atoms with Gasteiger partial charge in [-0.3, -0.25) is 9.36 Å². The fourth-order valence-electron chi connectivity index (χ4n) is 6.20. The molecule has 3 heterocycles. The van der Waals surface area contributed by atoms with Crippen LogP contribution in [0.15, 0.2) is 82.1 Å². The summed E-state index contributed by atoms with van der Waals surface area (Å²) in [5.41, 5.74) is 8.88. The van der Waals surface area contributed by atoms with Crippen LogP contribution in [-0.4, -0.2) is 17.7 Å². The average Bonchev–Trinajstić information content (AvgIpc) is 3.57. The minimum atomic E-state index is -0.295. The fraction of sp³-hybridized carbons (Fsp3) is 0.250. The van der Waals surface area contributed by atoms with E-state index >= 15 is 0 Å². The van der Waals surface area contributed by atoms with Gasteiger partial charge >= 0.3 is 0 Å². The molecule has 38 heavy (non-hydrogen) atoms. The summed E-state index contributed by atoms with van der Waals surface area (Å²) in [7, 11) is 0. The molecule has 4 nitrogen and oxygen atoms in total. The summed E-state index contributed by atoms with van der Waals surface area (Å²) in [5.74, 6) is -0.280. The Hall–Kier alpha value is -3.77. The van der Waals surface area contributed by atoms with Gasteiger partial charge in [0.1, 0.15) is 5.82 Å². The lowest BCUT2D eigenvalue weighted by Gasteiger charge is -2.30. The molecule has 190 valence electrons. The van der Waals surface area contributed by atoms with E-state index in [1.807, 2.05) is 16.7 Å². The second-order valence-corrected chi connectivity index (χ2v) is 11.4. The molecule has 1 aliphatic carbocycles. The van der Waals surface area contributed by atoms with E-state index in [0.717, 1.165) is 53.9 Å². The molecule has 3 aromatic carbocycles. The summed E-state index contributed by atoms with van der Waals surface area (Å²) < 4.78 is 16.3. The zero-order valence-corrected chi connectivity index (χ0v) is 22.1. The molecule has 1 fully saturated rings. The molecule has 0 bridgehead atoms. The van der Waals surface area contributed by atoms with E-state index in [4.69, 9.17) is 4.99 Å². The van der Waals surface area contributed by atoms with Crippen molar-refractivity contribution in [3.63, 3.8) is 0 Å². The van der Waals surface area contributed by atoms with Gasteiger partial charge < -0.3 is 4.90 Å². The van der Waals surface area contributed by atoms with Gasteiger partial charge in [-0.25, -0.2) is 9.38 Å². The van der Waals surface area contributed by atoms with Gasteiger partial charge in [0.05, 0.1) is 16.3 Å². The number of nitrogens with zero attached hydrogens (tertiary/aromatic N) is 3. The molecule has 4 aromatic rings. The summed E-state index contributed by atoms with van der Waals surface area (Å²) in [6.07, 6.45) is 6.19. The Balaban J connectivity index is 1.39. The highest BCUT2D eigenvalue weighted by atomic mass is 32.1. The van der Waals surface area contributed by atoms with Crippen molar-refractivity contribution in [2.24, 2.45) is 4.99 Å².